The van der Waals surface area contributed by atoms with Gasteiger partial charge < -0.3 is 24.2 Å². The highest BCUT2D eigenvalue weighted by Crippen LogP contribution is 2.38. The van der Waals surface area contributed by atoms with Crippen molar-refractivity contribution in [2.75, 3.05) is 44.0 Å². The number of methoxy groups -OCH3 is 3. The van der Waals surface area contributed by atoms with E-state index in [0.29, 0.717) is 28.8 Å². The highest BCUT2D eigenvalue weighted by Gasteiger charge is 2.37. The van der Waals surface area contributed by atoms with E-state index in [0.717, 1.165) is 12.4 Å². The number of β-amino-alcohol motifs (C(OH)–C–C–N with tert-alkyl or cyclic N) is 1. The van der Waals surface area contributed by atoms with Crippen LogP contribution in [0.4, 0.5) is 16.3 Å². The van der Waals surface area contributed by atoms with Gasteiger partial charge in [-0.2, -0.15) is 0 Å². The topological polar surface area (TPSA) is 167 Å². The predicted molar refractivity (Wildman–Crippen MR) is 145 cm³/mol. The number of ether oxygens (including phenoxy) is 3. The van der Waals surface area contributed by atoms with Crippen LogP contribution in [-0.4, -0.2) is 89.0 Å². The maximum atomic E-state index is 13.7. The molecule has 0 bridgehead atoms. The van der Waals surface area contributed by atoms with Crippen LogP contribution in [0, 0.1) is 5.82 Å². The van der Waals surface area contributed by atoms with Gasteiger partial charge in [0.25, 0.3) is 0 Å². The summed E-state index contributed by atoms with van der Waals surface area (Å²) in [5.74, 6) is 0.475. The molecule has 2 N–H and O–H groups in total. The number of nitrogens with one attached hydrogen (secondary N) is 1. The molecule has 0 amide bonds. The molecule has 1 saturated heterocycles. The van der Waals surface area contributed by atoms with Gasteiger partial charge in [0.2, 0.25) is 27.8 Å². The molecule has 41 heavy (non-hydrogen) atoms. The Labute approximate surface area is 234 Å². The molecule has 0 saturated carbocycles. The molecule has 14 nitrogen and oxygen atoms in total. The molecule has 0 radical (unpaired) electrons. The fourth-order valence-corrected chi connectivity index (χ4v) is 5.93. The Morgan fingerprint density at radius 1 is 0.976 bits per heavy atom. The lowest BCUT2D eigenvalue weighted by Gasteiger charge is -2.35. The Bertz CT molecular complexity index is 1610. The predicted octanol–water partition coefficient (Wildman–Crippen LogP) is 1.67. The van der Waals surface area contributed by atoms with E-state index in [1.165, 1.54) is 30.8 Å². The summed E-state index contributed by atoms with van der Waals surface area (Å²) in [6.07, 6.45) is 0.872. The van der Waals surface area contributed by atoms with Crippen molar-refractivity contribution in [1.29, 1.82) is 0 Å². The summed E-state index contributed by atoms with van der Waals surface area (Å²) in [7, 11) is 0.197. The zero-order valence-electron chi connectivity index (χ0n) is 22.3. The monoisotopic (exact) mass is 586 g/mol. The number of hydrogen-bond acceptors (Lipinski definition) is 12. The molecule has 0 spiro atoms. The number of aliphatic hydroxyl groups excluding tert-OH is 1. The number of nitrogens with zero attached hydrogens (tertiary/aromatic N) is 7. The maximum Gasteiger partial charge on any atom is 0.243 e. The number of sulfonamides is 1. The van der Waals surface area contributed by atoms with Gasteiger partial charge in [0, 0.05) is 19.2 Å². The number of hydrogen-bond donors (Lipinski definition) is 2. The molecule has 3 aromatic heterocycles. The van der Waals surface area contributed by atoms with Gasteiger partial charge in [-0.05, 0) is 24.6 Å². The highest BCUT2D eigenvalue weighted by atomic mass is 32.2. The number of halogens is 1. The number of piperidine rings is 1. The Balaban J connectivity index is 1.57. The SMILES string of the molecule is COc1cccc(-c2nnc(NS(=O)(=O)[C@H]3C[C@H](O)CN(c4ncc(F)cn4)C3)n2-c2c(OC)cccc2OC)n1. The largest absolute Gasteiger partial charge is 0.494 e. The Hall–Kier alpha value is -4.57. The van der Waals surface area contributed by atoms with Gasteiger partial charge >= 0.3 is 0 Å². The van der Waals surface area contributed by atoms with Crippen LogP contribution < -0.4 is 23.8 Å². The first-order chi connectivity index (χ1) is 19.7. The third-order valence-corrected chi connectivity index (χ3v) is 8.09. The second kappa shape index (κ2) is 11.5. The van der Waals surface area contributed by atoms with Crippen molar-refractivity contribution in [3.8, 4) is 34.6 Å². The van der Waals surface area contributed by atoms with Crippen molar-refractivity contribution in [3.05, 3.63) is 54.6 Å². The van der Waals surface area contributed by atoms with E-state index in [-0.39, 0.29) is 37.2 Å². The second-order valence-corrected chi connectivity index (χ2v) is 11.0. The first kappa shape index (κ1) is 28.0. The molecule has 16 heteroatoms. The van der Waals surface area contributed by atoms with Crippen LogP contribution in [0.5, 0.6) is 17.4 Å². The van der Waals surface area contributed by atoms with E-state index in [1.807, 2.05) is 0 Å². The molecule has 1 aliphatic rings. The van der Waals surface area contributed by atoms with Crippen LogP contribution in [0.3, 0.4) is 0 Å². The lowest BCUT2D eigenvalue weighted by molar-refractivity contribution is 0.154. The van der Waals surface area contributed by atoms with Crippen molar-refractivity contribution in [1.82, 2.24) is 29.7 Å². The van der Waals surface area contributed by atoms with Crippen molar-refractivity contribution in [2.45, 2.75) is 17.8 Å². The minimum absolute atomic E-state index is 0.0611. The van der Waals surface area contributed by atoms with Crippen LogP contribution in [0.15, 0.2) is 48.8 Å². The van der Waals surface area contributed by atoms with Gasteiger partial charge in [-0.3, -0.25) is 9.29 Å². The van der Waals surface area contributed by atoms with Gasteiger partial charge in [0.15, 0.2) is 11.6 Å². The Morgan fingerprint density at radius 2 is 1.66 bits per heavy atom. The number of para-hydroxylation sites is 1. The van der Waals surface area contributed by atoms with Crippen molar-refractivity contribution in [2.24, 2.45) is 0 Å². The molecule has 0 aliphatic carbocycles. The third-order valence-electron chi connectivity index (χ3n) is 6.40. The summed E-state index contributed by atoms with van der Waals surface area (Å²) < 4.78 is 61.2. The molecule has 5 rings (SSSR count). The summed E-state index contributed by atoms with van der Waals surface area (Å²) in [6.45, 7) is 0.0202. The number of anilines is 2. The Morgan fingerprint density at radius 3 is 2.32 bits per heavy atom. The minimum Gasteiger partial charge on any atom is -0.494 e. The summed E-state index contributed by atoms with van der Waals surface area (Å²) in [5.41, 5.74) is 0.660. The summed E-state index contributed by atoms with van der Waals surface area (Å²) in [4.78, 5) is 13.8. The summed E-state index contributed by atoms with van der Waals surface area (Å²) >= 11 is 0. The number of benzene rings is 1. The molecule has 1 aromatic carbocycles. The summed E-state index contributed by atoms with van der Waals surface area (Å²) in [5, 5.41) is 17.8. The summed E-state index contributed by atoms with van der Waals surface area (Å²) in [6, 6.07) is 10.1. The molecular formula is C25H27FN8O6S. The smallest absolute Gasteiger partial charge is 0.243 e. The first-order valence-electron chi connectivity index (χ1n) is 12.3. The van der Waals surface area contributed by atoms with E-state index >= 15 is 0 Å². The van der Waals surface area contributed by atoms with Crippen LogP contribution in [0.2, 0.25) is 0 Å². The minimum atomic E-state index is -4.20. The van der Waals surface area contributed by atoms with E-state index in [4.69, 9.17) is 14.2 Å². The quantitative estimate of drug-likeness (QED) is 0.292. The second-order valence-electron chi connectivity index (χ2n) is 9.02. The standard InChI is InChI=1S/C25H27FN8O6S/c1-38-19-7-5-8-20(39-2)22(19)34-23(18-6-4-9-21(29-18)40-3)30-31-25(34)32-41(36,37)17-10-16(35)13-33(14-17)24-27-11-15(26)12-28-24/h4-9,11-12,16-17,35H,10,13-14H2,1-3H3,(H,31,32)/t16-,17-/m0/s1. The molecule has 1 fully saturated rings. The van der Waals surface area contributed by atoms with Gasteiger partial charge in [-0.15, -0.1) is 10.2 Å². The van der Waals surface area contributed by atoms with Gasteiger partial charge in [-0.25, -0.2) is 27.8 Å². The molecule has 216 valence electrons. The van der Waals surface area contributed by atoms with E-state index in [9.17, 15) is 17.9 Å². The molecule has 0 unspecified atom stereocenters. The lowest BCUT2D eigenvalue weighted by Crippen LogP contribution is -2.50. The fourth-order valence-electron chi connectivity index (χ4n) is 4.53. The molecule has 1 aliphatic heterocycles. The molecular weight excluding hydrogens is 559 g/mol. The van der Waals surface area contributed by atoms with Crippen LogP contribution in [-0.2, 0) is 10.0 Å². The van der Waals surface area contributed by atoms with E-state index < -0.39 is 27.2 Å². The zero-order chi connectivity index (χ0) is 29.1. The first-order valence-corrected chi connectivity index (χ1v) is 13.9. The molecule has 4 aromatic rings. The van der Waals surface area contributed by atoms with Gasteiger partial charge in [0.1, 0.15) is 28.1 Å². The number of aromatic nitrogens is 6. The Kier molecular flexibility index (Phi) is 7.85. The lowest BCUT2D eigenvalue weighted by atomic mass is 10.1. The van der Waals surface area contributed by atoms with Crippen LogP contribution in [0.1, 0.15) is 6.42 Å². The van der Waals surface area contributed by atoms with Crippen molar-refractivity contribution < 1.29 is 32.1 Å². The number of rotatable bonds is 9. The molecule has 2 atom stereocenters. The normalized spacial score (nSPS) is 17.2. The third kappa shape index (κ3) is 5.69. The number of pyridine rings is 1. The fraction of sp³-hybridized carbons (Fsp3) is 0.320. The van der Waals surface area contributed by atoms with E-state index in [1.54, 1.807) is 36.4 Å². The maximum absolute atomic E-state index is 13.7. The van der Waals surface area contributed by atoms with Crippen LogP contribution >= 0.6 is 0 Å². The highest BCUT2D eigenvalue weighted by molar-refractivity contribution is 7.93. The van der Waals surface area contributed by atoms with Crippen molar-refractivity contribution in [3.63, 3.8) is 0 Å². The average molecular weight is 587 g/mol. The van der Waals surface area contributed by atoms with E-state index in [2.05, 4.69) is 29.9 Å². The van der Waals surface area contributed by atoms with Gasteiger partial charge in [0.05, 0.1) is 39.8 Å². The average Bonchev–Trinajstić information content (AvgIpc) is 3.38. The number of aliphatic hydroxyl groups is 1. The van der Waals surface area contributed by atoms with Crippen molar-refractivity contribution >= 4 is 21.9 Å². The van der Waals surface area contributed by atoms with Gasteiger partial charge in [-0.1, -0.05) is 12.1 Å². The van der Waals surface area contributed by atoms with Crippen LogP contribution in [0.25, 0.3) is 17.2 Å². The zero-order valence-corrected chi connectivity index (χ0v) is 23.1. The molecule has 4 heterocycles.